The van der Waals surface area contributed by atoms with E-state index in [4.69, 9.17) is 16.5 Å². The quantitative estimate of drug-likeness (QED) is 0.474. The van der Waals surface area contributed by atoms with Crippen molar-refractivity contribution in [3.05, 3.63) is 47.2 Å². The third-order valence-electron chi connectivity index (χ3n) is 6.00. The van der Waals surface area contributed by atoms with Gasteiger partial charge in [-0.15, -0.1) is 0 Å². The predicted octanol–water partition coefficient (Wildman–Crippen LogP) is 3.85. The van der Waals surface area contributed by atoms with Crippen LogP contribution in [-0.4, -0.2) is 39.2 Å². The molecular weight excluding hydrogens is 442 g/mol. The van der Waals surface area contributed by atoms with Crippen molar-refractivity contribution in [2.75, 3.05) is 30.3 Å². The molecule has 1 aliphatic rings. The van der Waals surface area contributed by atoms with Crippen LogP contribution >= 0.6 is 15.9 Å². The second-order valence-electron chi connectivity index (χ2n) is 7.85. The maximum absolute atomic E-state index is 6.44. The van der Waals surface area contributed by atoms with E-state index in [2.05, 4.69) is 43.0 Å². The molecule has 0 saturated carbocycles. The van der Waals surface area contributed by atoms with Crippen molar-refractivity contribution in [1.29, 1.82) is 0 Å². The molecule has 0 aliphatic carbocycles. The van der Waals surface area contributed by atoms with Crippen LogP contribution in [0.25, 0.3) is 27.7 Å². The Balaban J connectivity index is 1.56. The van der Waals surface area contributed by atoms with Crippen LogP contribution in [0.1, 0.15) is 19.3 Å². The van der Waals surface area contributed by atoms with Gasteiger partial charge in [-0.1, -0.05) is 18.2 Å². The zero-order valence-electron chi connectivity index (χ0n) is 16.6. The first-order valence-corrected chi connectivity index (χ1v) is 11.1. The highest BCUT2D eigenvalue weighted by Gasteiger charge is 2.24. The molecule has 30 heavy (non-hydrogen) atoms. The number of nitrogen functional groups attached to an aromatic ring is 1. The third kappa shape index (κ3) is 3.30. The standard InChI is InChI=1S/C22H24BrN7/c23-19-20(25)30-21(28-22(19)29-9-6-14(5-8-24)7-10-29)17(13-27-30)16-11-15-3-1-2-4-18(15)26-12-16/h1-4,11-14H,5-10,24-25H2. The number of aromatic nitrogens is 4. The third-order valence-corrected chi connectivity index (χ3v) is 6.76. The summed E-state index contributed by atoms with van der Waals surface area (Å²) in [5, 5.41) is 5.58. The van der Waals surface area contributed by atoms with Crippen molar-refractivity contribution in [2.24, 2.45) is 11.7 Å². The molecule has 154 valence electrons. The van der Waals surface area contributed by atoms with Crippen molar-refractivity contribution < 1.29 is 0 Å². The molecule has 7 nitrogen and oxygen atoms in total. The molecular formula is C22H24BrN7. The molecule has 4 N–H and O–H groups in total. The summed E-state index contributed by atoms with van der Waals surface area (Å²) in [6, 6.07) is 10.2. The van der Waals surface area contributed by atoms with Gasteiger partial charge in [0.2, 0.25) is 0 Å². The Morgan fingerprint density at radius 1 is 1.13 bits per heavy atom. The minimum atomic E-state index is 0.555. The average Bonchev–Trinajstić information content (AvgIpc) is 3.21. The van der Waals surface area contributed by atoms with Crippen LogP contribution in [0.15, 0.2) is 47.2 Å². The van der Waals surface area contributed by atoms with Crippen molar-refractivity contribution in [3.8, 4) is 11.1 Å². The molecule has 0 radical (unpaired) electrons. The Bertz CT molecular complexity index is 1210. The van der Waals surface area contributed by atoms with Gasteiger partial charge in [-0.2, -0.15) is 9.61 Å². The minimum Gasteiger partial charge on any atom is -0.383 e. The zero-order chi connectivity index (χ0) is 20.7. The van der Waals surface area contributed by atoms with Gasteiger partial charge < -0.3 is 16.4 Å². The van der Waals surface area contributed by atoms with Crippen molar-refractivity contribution >= 4 is 44.1 Å². The van der Waals surface area contributed by atoms with E-state index in [9.17, 15) is 0 Å². The number of nitrogens with two attached hydrogens (primary N) is 2. The van der Waals surface area contributed by atoms with Crippen molar-refractivity contribution in [1.82, 2.24) is 19.6 Å². The molecule has 1 aromatic carbocycles. The molecule has 1 saturated heterocycles. The number of hydrogen-bond donors (Lipinski definition) is 2. The summed E-state index contributed by atoms with van der Waals surface area (Å²) in [6.45, 7) is 2.66. The fourth-order valence-electron chi connectivity index (χ4n) is 4.28. The van der Waals surface area contributed by atoms with Gasteiger partial charge in [0.05, 0.1) is 11.7 Å². The van der Waals surface area contributed by atoms with Crippen LogP contribution in [0.5, 0.6) is 0 Å². The van der Waals surface area contributed by atoms with Gasteiger partial charge in [-0.3, -0.25) is 4.98 Å². The van der Waals surface area contributed by atoms with Crippen molar-refractivity contribution in [2.45, 2.75) is 19.3 Å². The number of nitrogens with zero attached hydrogens (tertiary/aromatic N) is 5. The number of hydrogen-bond acceptors (Lipinski definition) is 6. The lowest BCUT2D eigenvalue weighted by atomic mass is 9.94. The molecule has 8 heteroatoms. The maximum Gasteiger partial charge on any atom is 0.167 e. The topological polar surface area (TPSA) is 98.4 Å². The predicted molar refractivity (Wildman–Crippen MR) is 124 cm³/mol. The van der Waals surface area contributed by atoms with E-state index < -0.39 is 0 Å². The van der Waals surface area contributed by atoms with Crippen LogP contribution < -0.4 is 16.4 Å². The lowest BCUT2D eigenvalue weighted by Gasteiger charge is -2.33. The summed E-state index contributed by atoms with van der Waals surface area (Å²) in [5.41, 5.74) is 15.8. The molecule has 0 atom stereocenters. The van der Waals surface area contributed by atoms with Crippen LogP contribution in [0, 0.1) is 5.92 Å². The smallest absolute Gasteiger partial charge is 0.167 e. The normalized spacial score (nSPS) is 15.3. The van der Waals surface area contributed by atoms with E-state index in [0.717, 1.165) is 76.9 Å². The fraction of sp³-hybridized carbons (Fsp3) is 0.318. The Morgan fingerprint density at radius 3 is 2.73 bits per heavy atom. The SMILES string of the molecule is NCCC1CCN(c2nc3c(-c4cnc5ccccc5c4)cnn3c(N)c2Br)CC1. The first-order valence-electron chi connectivity index (χ1n) is 10.3. The summed E-state index contributed by atoms with van der Waals surface area (Å²) >= 11 is 3.66. The molecule has 0 bridgehead atoms. The molecule has 0 unspecified atom stereocenters. The Kier molecular flexibility index (Phi) is 5.04. The average molecular weight is 466 g/mol. The van der Waals surface area contributed by atoms with Gasteiger partial charge in [0.1, 0.15) is 16.1 Å². The summed E-state index contributed by atoms with van der Waals surface area (Å²) < 4.78 is 2.48. The van der Waals surface area contributed by atoms with E-state index in [1.807, 2.05) is 30.6 Å². The maximum atomic E-state index is 6.44. The number of piperidine rings is 1. The van der Waals surface area contributed by atoms with E-state index >= 15 is 0 Å². The monoisotopic (exact) mass is 465 g/mol. The molecule has 1 fully saturated rings. The second kappa shape index (κ2) is 7.85. The van der Waals surface area contributed by atoms with Gasteiger partial charge in [0, 0.05) is 35.8 Å². The lowest BCUT2D eigenvalue weighted by Crippen LogP contribution is -2.35. The Hall–Kier alpha value is -2.71. The number of para-hydroxylation sites is 1. The summed E-state index contributed by atoms with van der Waals surface area (Å²) in [7, 11) is 0. The highest BCUT2D eigenvalue weighted by atomic mass is 79.9. The molecule has 0 spiro atoms. The first kappa shape index (κ1) is 19.3. The number of benzene rings is 1. The molecule has 1 aliphatic heterocycles. The Morgan fingerprint density at radius 2 is 1.93 bits per heavy atom. The van der Waals surface area contributed by atoms with E-state index in [1.54, 1.807) is 4.52 Å². The van der Waals surface area contributed by atoms with Crippen LogP contribution in [0.4, 0.5) is 11.6 Å². The molecule has 0 amide bonds. The highest BCUT2D eigenvalue weighted by Crippen LogP contribution is 2.36. The van der Waals surface area contributed by atoms with Crippen LogP contribution in [0.2, 0.25) is 0 Å². The lowest BCUT2D eigenvalue weighted by molar-refractivity contribution is 0.385. The van der Waals surface area contributed by atoms with Gasteiger partial charge in [0.25, 0.3) is 0 Å². The highest BCUT2D eigenvalue weighted by molar-refractivity contribution is 9.10. The number of fused-ring (bicyclic) bond motifs is 2. The molecule has 3 aromatic heterocycles. The van der Waals surface area contributed by atoms with E-state index in [-0.39, 0.29) is 0 Å². The molecule has 4 heterocycles. The second-order valence-corrected chi connectivity index (χ2v) is 8.65. The summed E-state index contributed by atoms with van der Waals surface area (Å²) in [4.78, 5) is 11.9. The zero-order valence-corrected chi connectivity index (χ0v) is 18.2. The summed E-state index contributed by atoms with van der Waals surface area (Å²) in [6.07, 6.45) is 7.02. The fourth-order valence-corrected chi connectivity index (χ4v) is 4.79. The van der Waals surface area contributed by atoms with Crippen LogP contribution in [-0.2, 0) is 0 Å². The van der Waals surface area contributed by atoms with Gasteiger partial charge in [-0.05, 0) is 59.8 Å². The molecule has 4 aromatic rings. The van der Waals surface area contributed by atoms with E-state index in [0.29, 0.717) is 11.7 Å². The largest absolute Gasteiger partial charge is 0.383 e. The Labute approximate surface area is 183 Å². The van der Waals surface area contributed by atoms with Crippen LogP contribution in [0.3, 0.4) is 0 Å². The number of halogens is 1. The summed E-state index contributed by atoms with van der Waals surface area (Å²) in [5.74, 6) is 2.13. The van der Waals surface area contributed by atoms with Gasteiger partial charge in [-0.25, -0.2) is 4.98 Å². The number of rotatable bonds is 4. The minimum absolute atomic E-state index is 0.555. The van der Waals surface area contributed by atoms with E-state index in [1.165, 1.54) is 0 Å². The van der Waals surface area contributed by atoms with Crippen molar-refractivity contribution in [3.63, 3.8) is 0 Å². The van der Waals surface area contributed by atoms with Gasteiger partial charge >= 0.3 is 0 Å². The number of pyridine rings is 1. The molecule has 5 rings (SSSR count). The first-order chi connectivity index (χ1) is 14.7. The van der Waals surface area contributed by atoms with Gasteiger partial charge in [0.15, 0.2) is 5.65 Å². The number of anilines is 2.